The molecule has 0 saturated carbocycles. The van der Waals surface area contributed by atoms with Crippen molar-refractivity contribution in [2.45, 2.75) is 19.3 Å². The van der Waals surface area contributed by atoms with E-state index in [1.54, 1.807) is 0 Å². The quantitative estimate of drug-likeness (QED) is 0.697. The average Bonchev–Trinajstić information content (AvgIpc) is 2.54. The van der Waals surface area contributed by atoms with Crippen LogP contribution in [0.15, 0.2) is 49.6 Å². The summed E-state index contributed by atoms with van der Waals surface area (Å²) >= 11 is 0. The van der Waals surface area contributed by atoms with Gasteiger partial charge in [0.25, 0.3) is 0 Å². The standard InChI is InChI=1S/C15H16O/c1-3-9-15(10-4-2)11-12-7-5-6-8-13(12)14(15)16/h3-8H,1-2,9-11H2. The Morgan fingerprint density at radius 3 is 2.38 bits per heavy atom. The van der Waals surface area contributed by atoms with Gasteiger partial charge in [-0.3, -0.25) is 4.79 Å². The molecule has 2 rings (SSSR count). The lowest BCUT2D eigenvalue weighted by atomic mass is 9.77. The van der Waals surface area contributed by atoms with Gasteiger partial charge in [0.05, 0.1) is 0 Å². The van der Waals surface area contributed by atoms with Gasteiger partial charge in [-0.25, -0.2) is 0 Å². The molecule has 0 aliphatic heterocycles. The molecule has 0 heterocycles. The summed E-state index contributed by atoms with van der Waals surface area (Å²) in [7, 11) is 0. The number of carbonyl (C=O) groups excluding carboxylic acids is 1. The molecule has 1 aromatic carbocycles. The van der Waals surface area contributed by atoms with Crippen molar-refractivity contribution in [3.63, 3.8) is 0 Å². The van der Waals surface area contributed by atoms with Gasteiger partial charge in [-0.15, -0.1) is 13.2 Å². The molecule has 1 heteroatoms. The molecule has 1 aromatic rings. The minimum absolute atomic E-state index is 0.253. The van der Waals surface area contributed by atoms with Crippen LogP contribution in [0.4, 0.5) is 0 Å². The van der Waals surface area contributed by atoms with Gasteiger partial charge in [0, 0.05) is 11.0 Å². The molecule has 0 radical (unpaired) electrons. The van der Waals surface area contributed by atoms with Crippen molar-refractivity contribution in [3.05, 3.63) is 60.7 Å². The molecule has 1 aliphatic rings. The maximum Gasteiger partial charge on any atom is 0.170 e. The van der Waals surface area contributed by atoms with Gasteiger partial charge in [-0.2, -0.15) is 0 Å². The number of benzene rings is 1. The molecule has 0 bridgehead atoms. The highest BCUT2D eigenvalue weighted by molar-refractivity contribution is 6.05. The number of hydrogen-bond donors (Lipinski definition) is 0. The van der Waals surface area contributed by atoms with Crippen LogP contribution < -0.4 is 0 Å². The van der Waals surface area contributed by atoms with Crippen molar-refractivity contribution in [3.8, 4) is 0 Å². The lowest BCUT2D eigenvalue weighted by Crippen LogP contribution is -2.26. The van der Waals surface area contributed by atoms with E-state index in [9.17, 15) is 4.79 Å². The van der Waals surface area contributed by atoms with Gasteiger partial charge < -0.3 is 0 Å². The normalized spacial score (nSPS) is 16.9. The van der Waals surface area contributed by atoms with Crippen LogP contribution in [-0.2, 0) is 6.42 Å². The van der Waals surface area contributed by atoms with Crippen molar-refractivity contribution in [1.29, 1.82) is 0 Å². The fourth-order valence-electron chi connectivity index (χ4n) is 2.59. The molecule has 0 atom stereocenters. The largest absolute Gasteiger partial charge is 0.294 e. The first-order valence-corrected chi connectivity index (χ1v) is 5.58. The third-order valence-electron chi connectivity index (χ3n) is 3.34. The molecule has 16 heavy (non-hydrogen) atoms. The van der Waals surface area contributed by atoms with E-state index >= 15 is 0 Å². The zero-order valence-corrected chi connectivity index (χ0v) is 9.41. The van der Waals surface area contributed by atoms with Crippen LogP contribution >= 0.6 is 0 Å². The monoisotopic (exact) mass is 212 g/mol. The van der Waals surface area contributed by atoms with E-state index in [1.165, 1.54) is 0 Å². The molecule has 1 aliphatic carbocycles. The van der Waals surface area contributed by atoms with Crippen molar-refractivity contribution in [1.82, 2.24) is 0 Å². The fraction of sp³-hybridized carbons (Fsp3) is 0.267. The molecule has 0 amide bonds. The third kappa shape index (κ3) is 1.53. The summed E-state index contributed by atoms with van der Waals surface area (Å²) in [5.41, 5.74) is 1.73. The highest BCUT2D eigenvalue weighted by Gasteiger charge is 2.43. The van der Waals surface area contributed by atoms with E-state index in [2.05, 4.69) is 13.2 Å². The van der Waals surface area contributed by atoms with Crippen LogP contribution in [0.2, 0.25) is 0 Å². The van der Waals surface area contributed by atoms with Crippen LogP contribution in [0.3, 0.4) is 0 Å². The lowest BCUT2D eigenvalue weighted by molar-refractivity contribution is 0.0825. The highest BCUT2D eigenvalue weighted by Crippen LogP contribution is 2.42. The molecule has 0 spiro atoms. The Kier molecular flexibility index (Phi) is 2.78. The highest BCUT2D eigenvalue weighted by atomic mass is 16.1. The number of carbonyl (C=O) groups is 1. The van der Waals surface area contributed by atoms with Crippen LogP contribution in [0.5, 0.6) is 0 Å². The summed E-state index contributed by atoms with van der Waals surface area (Å²) in [6.45, 7) is 7.52. The van der Waals surface area contributed by atoms with Crippen molar-refractivity contribution in [2.75, 3.05) is 0 Å². The Hall–Kier alpha value is -1.63. The predicted molar refractivity (Wildman–Crippen MR) is 66.5 cm³/mol. The van der Waals surface area contributed by atoms with Crippen LogP contribution in [0.25, 0.3) is 0 Å². The Bertz CT molecular complexity index is 433. The van der Waals surface area contributed by atoms with E-state index < -0.39 is 0 Å². The number of ketones is 1. The summed E-state index contributed by atoms with van der Waals surface area (Å²) < 4.78 is 0. The van der Waals surface area contributed by atoms with Gasteiger partial charge >= 0.3 is 0 Å². The smallest absolute Gasteiger partial charge is 0.170 e. The first kappa shape index (κ1) is 10.9. The number of rotatable bonds is 4. The first-order valence-electron chi connectivity index (χ1n) is 5.58. The summed E-state index contributed by atoms with van der Waals surface area (Å²) in [6, 6.07) is 7.88. The minimum Gasteiger partial charge on any atom is -0.294 e. The van der Waals surface area contributed by atoms with Crippen LogP contribution in [0.1, 0.15) is 28.8 Å². The molecule has 82 valence electrons. The Labute approximate surface area is 96.5 Å². The summed E-state index contributed by atoms with van der Waals surface area (Å²) in [4.78, 5) is 12.4. The second kappa shape index (κ2) is 4.09. The molecule has 0 unspecified atom stereocenters. The van der Waals surface area contributed by atoms with E-state index in [4.69, 9.17) is 0 Å². The first-order chi connectivity index (χ1) is 7.73. The number of allylic oxidation sites excluding steroid dienone is 2. The van der Waals surface area contributed by atoms with Crippen molar-refractivity contribution >= 4 is 5.78 Å². The Morgan fingerprint density at radius 1 is 1.19 bits per heavy atom. The topological polar surface area (TPSA) is 17.1 Å². The Morgan fingerprint density at radius 2 is 1.81 bits per heavy atom. The maximum atomic E-state index is 12.4. The van der Waals surface area contributed by atoms with Gasteiger partial charge in [0.2, 0.25) is 0 Å². The van der Waals surface area contributed by atoms with E-state index in [-0.39, 0.29) is 11.2 Å². The van der Waals surface area contributed by atoms with E-state index in [0.29, 0.717) is 0 Å². The van der Waals surface area contributed by atoms with Crippen molar-refractivity contribution < 1.29 is 4.79 Å². The number of hydrogen-bond acceptors (Lipinski definition) is 1. The second-order valence-electron chi connectivity index (χ2n) is 4.43. The van der Waals surface area contributed by atoms with E-state index in [1.807, 2.05) is 36.4 Å². The predicted octanol–water partition coefficient (Wildman–Crippen LogP) is 3.56. The SMILES string of the molecule is C=CCC1(CC=C)Cc2ccccc2C1=O. The number of fused-ring (bicyclic) bond motifs is 1. The summed E-state index contributed by atoms with van der Waals surface area (Å²) in [5.74, 6) is 0.253. The van der Waals surface area contributed by atoms with Crippen molar-refractivity contribution in [2.24, 2.45) is 5.41 Å². The zero-order chi connectivity index (χ0) is 11.6. The van der Waals surface area contributed by atoms with Gasteiger partial charge in [0.1, 0.15) is 0 Å². The summed E-state index contributed by atoms with van der Waals surface area (Å²) in [6.07, 6.45) is 5.96. The fourth-order valence-corrected chi connectivity index (χ4v) is 2.59. The van der Waals surface area contributed by atoms with Crippen LogP contribution in [0, 0.1) is 5.41 Å². The molecule has 1 nitrogen and oxygen atoms in total. The molecule has 0 aromatic heterocycles. The molecular formula is C15H16O. The molecule has 0 fully saturated rings. The van der Waals surface area contributed by atoms with Gasteiger partial charge in [0.15, 0.2) is 5.78 Å². The maximum absolute atomic E-state index is 12.4. The average molecular weight is 212 g/mol. The summed E-state index contributed by atoms with van der Waals surface area (Å²) in [5, 5.41) is 0. The lowest BCUT2D eigenvalue weighted by Gasteiger charge is -2.24. The molecular weight excluding hydrogens is 196 g/mol. The second-order valence-corrected chi connectivity index (χ2v) is 4.43. The van der Waals surface area contributed by atoms with E-state index in [0.717, 1.165) is 30.4 Å². The van der Waals surface area contributed by atoms with Gasteiger partial charge in [-0.05, 0) is 24.8 Å². The number of Topliss-reactive ketones (excluding diaryl/α,β-unsaturated/α-hetero) is 1. The third-order valence-corrected chi connectivity index (χ3v) is 3.34. The van der Waals surface area contributed by atoms with Crippen LogP contribution in [-0.4, -0.2) is 5.78 Å². The Balaban J connectivity index is 2.43. The minimum atomic E-state index is -0.312. The molecule has 0 N–H and O–H groups in total. The molecule has 0 saturated heterocycles. The zero-order valence-electron chi connectivity index (χ0n) is 9.41. The van der Waals surface area contributed by atoms with Gasteiger partial charge in [-0.1, -0.05) is 36.4 Å².